The van der Waals surface area contributed by atoms with Crippen molar-refractivity contribution < 1.29 is 14.5 Å². The SMILES string of the molecule is O=C1c2cccc([N+](=O)[O-])c2OCCN1CC1CC1. The first kappa shape index (κ1) is 12.0. The molecule has 0 unspecified atom stereocenters. The van der Waals surface area contributed by atoms with Crippen LogP contribution in [-0.2, 0) is 0 Å². The van der Waals surface area contributed by atoms with E-state index in [4.69, 9.17) is 4.74 Å². The lowest BCUT2D eigenvalue weighted by Crippen LogP contribution is -2.34. The summed E-state index contributed by atoms with van der Waals surface area (Å²) in [6.45, 7) is 1.52. The molecule has 0 saturated heterocycles. The maximum absolute atomic E-state index is 12.4. The largest absolute Gasteiger partial charge is 0.484 e. The third-order valence-corrected chi connectivity index (χ3v) is 3.49. The monoisotopic (exact) mass is 262 g/mol. The molecular formula is C13H14N2O4. The summed E-state index contributed by atoms with van der Waals surface area (Å²) in [7, 11) is 0. The van der Waals surface area contributed by atoms with Gasteiger partial charge in [-0.2, -0.15) is 0 Å². The minimum atomic E-state index is -0.511. The number of fused-ring (bicyclic) bond motifs is 1. The lowest BCUT2D eigenvalue weighted by atomic mass is 10.1. The Bertz CT molecular complexity index is 539. The van der Waals surface area contributed by atoms with Crippen molar-refractivity contribution in [3.8, 4) is 5.75 Å². The third-order valence-electron chi connectivity index (χ3n) is 3.49. The number of hydrogen-bond acceptors (Lipinski definition) is 4. The number of nitro groups is 1. The first-order valence-corrected chi connectivity index (χ1v) is 6.36. The van der Waals surface area contributed by atoms with Crippen LogP contribution in [0.25, 0.3) is 0 Å². The fourth-order valence-electron chi connectivity index (χ4n) is 2.30. The Labute approximate surface area is 110 Å². The van der Waals surface area contributed by atoms with E-state index in [1.165, 1.54) is 12.1 Å². The highest BCUT2D eigenvalue weighted by atomic mass is 16.6. The second-order valence-electron chi connectivity index (χ2n) is 4.95. The minimum Gasteiger partial charge on any atom is -0.484 e. The van der Waals surface area contributed by atoms with Crippen molar-refractivity contribution in [3.05, 3.63) is 33.9 Å². The number of ether oxygens (including phenoxy) is 1. The van der Waals surface area contributed by atoms with Gasteiger partial charge in [-0.15, -0.1) is 0 Å². The standard InChI is InChI=1S/C13H14N2O4/c16-13-10-2-1-3-11(15(17)18)12(10)19-7-6-14(13)8-9-4-5-9/h1-3,9H,4-8H2. The molecule has 19 heavy (non-hydrogen) atoms. The number of nitro benzene ring substituents is 1. The fraction of sp³-hybridized carbons (Fsp3) is 0.462. The van der Waals surface area contributed by atoms with E-state index in [1.807, 2.05) is 0 Å². The van der Waals surface area contributed by atoms with Crippen LogP contribution in [0.2, 0.25) is 0 Å². The van der Waals surface area contributed by atoms with Crippen LogP contribution in [0, 0.1) is 16.0 Å². The number of rotatable bonds is 3. The average molecular weight is 262 g/mol. The zero-order chi connectivity index (χ0) is 13.4. The lowest BCUT2D eigenvalue weighted by Gasteiger charge is -2.19. The van der Waals surface area contributed by atoms with Crippen LogP contribution in [-0.4, -0.2) is 35.4 Å². The molecule has 0 spiro atoms. The number of para-hydroxylation sites is 1. The highest BCUT2D eigenvalue weighted by Gasteiger charge is 2.32. The fourth-order valence-corrected chi connectivity index (χ4v) is 2.30. The minimum absolute atomic E-state index is 0.107. The van der Waals surface area contributed by atoms with Gasteiger partial charge in [0.25, 0.3) is 5.91 Å². The van der Waals surface area contributed by atoms with Gasteiger partial charge in [0.1, 0.15) is 6.61 Å². The molecule has 1 saturated carbocycles. The van der Waals surface area contributed by atoms with E-state index >= 15 is 0 Å². The normalized spacial score (nSPS) is 18.5. The van der Waals surface area contributed by atoms with E-state index in [2.05, 4.69) is 0 Å². The van der Waals surface area contributed by atoms with Crippen molar-refractivity contribution in [1.29, 1.82) is 0 Å². The molecule has 0 N–H and O–H groups in total. The van der Waals surface area contributed by atoms with E-state index in [0.29, 0.717) is 24.6 Å². The van der Waals surface area contributed by atoms with Gasteiger partial charge in [-0.05, 0) is 24.8 Å². The van der Waals surface area contributed by atoms with Crippen LogP contribution in [0.5, 0.6) is 5.75 Å². The summed E-state index contributed by atoms with van der Waals surface area (Å²) in [6.07, 6.45) is 2.32. The number of hydrogen-bond donors (Lipinski definition) is 0. The van der Waals surface area contributed by atoms with Crippen LogP contribution in [0.4, 0.5) is 5.69 Å². The quantitative estimate of drug-likeness (QED) is 0.615. The Balaban J connectivity index is 1.96. The van der Waals surface area contributed by atoms with E-state index in [-0.39, 0.29) is 17.3 Å². The Morgan fingerprint density at radius 1 is 1.42 bits per heavy atom. The second kappa shape index (κ2) is 4.53. The van der Waals surface area contributed by atoms with E-state index < -0.39 is 4.92 Å². The van der Waals surface area contributed by atoms with E-state index in [9.17, 15) is 14.9 Å². The predicted octanol–water partition coefficient (Wildman–Crippen LogP) is 1.84. The molecule has 100 valence electrons. The van der Waals surface area contributed by atoms with Crippen molar-refractivity contribution in [2.75, 3.05) is 19.7 Å². The second-order valence-corrected chi connectivity index (χ2v) is 4.95. The number of carbonyl (C=O) groups excluding carboxylic acids is 1. The molecular weight excluding hydrogens is 248 g/mol. The molecule has 1 fully saturated rings. The van der Waals surface area contributed by atoms with Crippen molar-refractivity contribution in [2.24, 2.45) is 5.92 Å². The molecule has 0 bridgehead atoms. The molecule has 1 aromatic carbocycles. The molecule has 3 rings (SSSR count). The number of benzene rings is 1. The summed E-state index contributed by atoms with van der Waals surface area (Å²) in [5, 5.41) is 11.0. The maximum atomic E-state index is 12.4. The third kappa shape index (κ3) is 2.25. The Morgan fingerprint density at radius 2 is 2.21 bits per heavy atom. The van der Waals surface area contributed by atoms with Gasteiger partial charge < -0.3 is 9.64 Å². The molecule has 1 aliphatic carbocycles. The lowest BCUT2D eigenvalue weighted by molar-refractivity contribution is -0.385. The van der Waals surface area contributed by atoms with Crippen molar-refractivity contribution in [1.82, 2.24) is 4.90 Å². The number of carbonyl (C=O) groups is 1. The van der Waals surface area contributed by atoms with Gasteiger partial charge in [-0.25, -0.2) is 0 Å². The molecule has 1 heterocycles. The summed E-state index contributed by atoms with van der Waals surface area (Å²) in [4.78, 5) is 24.6. The van der Waals surface area contributed by atoms with Gasteiger partial charge >= 0.3 is 5.69 Å². The van der Waals surface area contributed by atoms with Gasteiger partial charge in [0.2, 0.25) is 5.75 Å². The van der Waals surface area contributed by atoms with Gasteiger partial charge in [0, 0.05) is 12.6 Å². The van der Waals surface area contributed by atoms with Crippen molar-refractivity contribution >= 4 is 11.6 Å². The van der Waals surface area contributed by atoms with Crippen LogP contribution < -0.4 is 4.74 Å². The van der Waals surface area contributed by atoms with Gasteiger partial charge in [-0.3, -0.25) is 14.9 Å². The first-order valence-electron chi connectivity index (χ1n) is 6.36. The summed E-state index contributed by atoms with van der Waals surface area (Å²) >= 11 is 0. The molecule has 1 aromatic rings. The van der Waals surface area contributed by atoms with Crippen molar-refractivity contribution in [2.45, 2.75) is 12.8 Å². The van der Waals surface area contributed by atoms with Gasteiger partial charge in [0.05, 0.1) is 17.0 Å². The molecule has 1 aliphatic heterocycles. The Hall–Kier alpha value is -2.11. The van der Waals surface area contributed by atoms with E-state index in [1.54, 1.807) is 11.0 Å². The molecule has 0 aromatic heterocycles. The van der Waals surface area contributed by atoms with Crippen LogP contribution in [0.1, 0.15) is 23.2 Å². The Morgan fingerprint density at radius 3 is 2.89 bits per heavy atom. The zero-order valence-corrected chi connectivity index (χ0v) is 10.4. The first-order chi connectivity index (χ1) is 9.16. The summed E-state index contributed by atoms with van der Waals surface area (Å²) in [6, 6.07) is 4.48. The van der Waals surface area contributed by atoms with E-state index in [0.717, 1.165) is 19.4 Å². The molecule has 0 radical (unpaired) electrons. The summed E-state index contributed by atoms with van der Waals surface area (Å²) in [5.74, 6) is 0.531. The summed E-state index contributed by atoms with van der Waals surface area (Å²) in [5.41, 5.74) is 0.159. The van der Waals surface area contributed by atoms with Gasteiger partial charge in [-0.1, -0.05) is 6.07 Å². The molecule has 0 atom stereocenters. The summed E-state index contributed by atoms with van der Waals surface area (Å²) < 4.78 is 5.44. The molecule has 1 amide bonds. The van der Waals surface area contributed by atoms with Crippen LogP contribution in [0.15, 0.2) is 18.2 Å². The van der Waals surface area contributed by atoms with Crippen LogP contribution in [0.3, 0.4) is 0 Å². The molecule has 2 aliphatic rings. The highest BCUT2D eigenvalue weighted by Crippen LogP contribution is 2.35. The predicted molar refractivity (Wildman–Crippen MR) is 67.2 cm³/mol. The topological polar surface area (TPSA) is 72.7 Å². The van der Waals surface area contributed by atoms with Crippen molar-refractivity contribution in [3.63, 3.8) is 0 Å². The zero-order valence-electron chi connectivity index (χ0n) is 10.4. The Kier molecular flexibility index (Phi) is 2.85. The number of nitrogens with zero attached hydrogens (tertiary/aromatic N) is 2. The number of amides is 1. The molecule has 6 nitrogen and oxygen atoms in total. The molecule has 6 heteroatoms. The van der Waals surface area contributed by atoms with Crippen LogP contribution >= 0.6 is 0 Å². The smallest absolute Gasteiger partial charge is 0.311 e. The average Bonchev–Trinajstić information content (AvgIpc) is 3.20. The highest BCUT2D eigenvalue weighted by molar-refractivity contribution is 5.98. The maximum Gasteiger partial charge on any atom is 0.311 e. The van der Waals surface area contributed by atoms with Gasteiger partial charge in [0.15, 0.2) is 0 Å².